The van der Waals surface area contributed by atoms with Gasteiger partial charge in [-0.1, -0.05) is 23.8 Å². The smallest absolute Gasteiger partial charge is 0.122 e. The molecule has 0 saturated heterocycles. The van der Waals surface area contributed by atoms with E-state index in [1.807, 2.05) is 12.4 Å². The summed E-state index contributed by atoms with van der Waals surface area (Å²) in [6.07, 6.45) is 5.04. The van der Waals surface area contributed by atoms with Crippen molar-refractivity contribution in [2.24, 2.45) is 7.05 Å². The Morgan fingerprint density at radius 3 is 2.94 bits per heavy atom. The zero-order valence-corrected chi connectivity index (χ0v) is 11.1. The highest BCUT2D eigenvalue weighted by molar-refractivity contribution is 5.33. The summed E-state index contributed by atoms with van der Waals surface area (Å²) in [7, 11) is 2.06. The van der Waals surface area contributed by atoms with Gasteiger partial charge >= 0.3 is 0 Å². The average Bonchev–Trinajstić information content (AvgIpc) is 2.74. The Kier molecular flexibility index (Phi) is 2.92. The number of fused-ring (bicyclic) bond motifs is 1. The van der Waals surface area contributed by atoms with Gasteiger partial charge in [-0.2, -0.15) is 0 Å². The molecule has 18 heavy (non-hydrogen) atoms. The first-order valence-electron chi connectivity index (χ1n) is 6.49. The highest BCUT2D eigenvalue weighted by Gasteiger charge is 2.17. The molecule has 3 rings (SSSR count). The molecule has 0 aliphatic carbocycles. The molecule has 2 aromatic rings. The van der Waals surface area contributed by atoms with E-state index < -0.39 is 0 Å². The second-order valence-electron chi connectivity index (χ2n) is 5.19. The molecule has 2 heterocycles. The Balaban J connectivity index is 1.76. The van der Waals surface area contributed by atoms with Crippen LogP contribution in [0.1, 0.15) is 22.5 Å². The average molecular weight is 241 g/mol. The maximum absolute atomic E-state index is 4.40. The molecule has 1 aromatic carbocycles. The van der Waals surface area contributed by atoms with Crippen LogP contribution in [0.4, 0.5) is 0 Å². The van der Waals surface area contributed by atoms with E-state index in [2.05, 4.69) is 46.6 Å². The van der Waals surface area contributed by atoms with Gasteiger partial charge in [0.2, 0.25) is 0 Å². The zero-order valence-electron chi connectivity index (χ0n) is 11.1. The molecule has 0 bridgehead atoms. The Morgan fingerprint density at radius 2 is 2.17 bits per heavy atom. The predicted octanol–water partition coefficient (Wildman–Crippen LogP) is 2.29. The van der Waals surface area contributed by atoms with Crippen molar-refractivity contribution in [2.45, 2.75) is 26.4 Å². The van der Waals surface area contributed by atoms with E-state index in [0.717, 1.165) is 31.9 Å². The Morgan fingerprint density at radius 1 is 1.28 bits per heavy atom. The first-order valence-corrected chi connectivity index (χ1v) is 6.49. The van der Waals surface area contributed by atoms with E-state index in [4.69, 9.17) is 0 Å². The lowest BCUT2D eigenvalue weighted by atomic mass is 9.98. The van der Waals surface area contributed by atoms with Crippen molar-refractivity contribution >= 4 is 0 Å². The SMILES string of the molecule is Cc1ccc2c(c1)CN(Cc1nccn1C)CC2. The monoisotopic (exact) mass is 241 g/mol. The molecule has 1 aromatic heterocycles. The quantitative estimate of drug-likeness (QED) is 0.804. The number of hydrogen-bond donors (Lipinski definition) is 0. The lowest BCUT2D eigenvalue weighted by Gasteiger charge is -2.28. The van der Waals surface area contributed by atoms with E-state index in [-0.39, 0.29) is 0 Å². The van der Waals surface area contributed by atoms with Crippen LogP contribution in [0.3, 0.4) is 0 Å². The van der Waals surface area contributed by atoms with Crippen LogP contribution in [0.15, 0.2) is 30.6 Å². The molecule has 1 aliphatic rings. The summed E-state index contributed by atoms with van der Waals surface area (Å²) in [5.41, 5.74) is 4.35. The fourth-order valence-electron chi connectivity index (χ4n) is 2.63. The summed E-state index contributed by atoms with van der Waals surface area (Å²) < 4.78 is 2.10. The molecule has 3 nitrogen and oxygen atoms in total. The van der Waals surface area contributed by atoms with Crippen LogP contribution in [-0.4, -0.2) is 21.0 Å². The maximum atomic E-state index is 4.40. The normalized spacial score (nSPS) is 15.7. The van der Waals surface area contributed by atoms with Gasteiger partial charge in [0.25, 0.3) is 0 Å². The number of nitrogens with zero attached hydrogens (tertiary/aromatic N) is 3. The molecular formula is C15H19N3. The fourth-order valence-corrected chi connectivity index (χ4v) is 2.63. The summed E-state index contributed by atoms with van der Waals surface area (Å²) in [6.45, 7) is 5.28. The predicted molar refractivity (Wildman–Crippen MR) is 72.2 cm³/mol. The van der Waals surface area contributed by atoms with Gasteiger partial charge in [-0.15, -0.1) is 0 Å². The fraction of sp³-hybridized carbons (Fsp3) is 0.400. The van der Waals surface area contributed by atoms with Crippen molar-refractivity contribution in [1.82, 2.24) is 14.5 Å². The summed E-state index contributed by atoms with van der Waals surface area (Å²) >= 11 is 0. The molecule has 0 spiro atoms. The Labute approximate surface area is 108 Å². The van der Waals surface area contributed by atoms with E-state index in [0.29, 0.717) is 0 Å². The van der Waals surface area contributed by atoms with Crippen LogP contribution in [0.2, 0.25) is 0 Å². The molecule has 0 N–H and O–H groups in total. The first-order chi connectivity index (χ1) is 8.72. The van der Waals surface area contributed by atoms with Crippen LogP contribution in [0.25, 0.3) is 0 Å². The molecule has 1 aliphatic heterocycles. The number of hydrogen-bond acceptors (Lipinski definition) is 2. The second kappa shape index (κ2) is 4.58. The van der Waals surface area contributed by atoms with Gasteiger partial charge in [0.1, 0.15) is 5.82 Å². The summed E-state index contributed by atoms with van der Waals surface area (Å²) in [5.74, 6) is 1.14. The first kappa shape index (κ1) is 11.5. The topological polar surface area (TPSA) is 21.1 Å². The zero-order chi connectivity index (χ0) is 12.5. The molecular weight excluding hydrogens is 222 g/mol. The number of benzene rings is 1. The highest BCUT2D eigenvalue weighted by atomic mass is 15.2. The lowest BCUT2D eigenvalue weighted by molar-refractivity contribution is 0.237. The second-order valence-corrected chi connectivity index (χ2v) is 5.19. The Hall–Kier alpha value is -1.61. The lowest BCUT2D eigenvalue weighted by Crippen LogP contribution is -2.31. The molecule has 0 amide bonds. The van der Waals surface area contributed by atoms with Gasteiger partial charge < -0.3 is 4.57 Å². The van der Waals surface area contributed by atoms with Gasteiger partial charge in [0, 0.05) is 32.5 Å². The minimum absolute atomic E-state index is 0.941. The summed E-state index contributed by atoms with van der Waals surface area (Å²) in [6, 6.07) is 6.82. The van der Waals surface area contributed by atoms with Gasteiger partial charge in [0.05, 0.1) is 6.54 Å². The van der Waals surface area contributed by atoms with Gasteiger partial charge in [0.15, 0.2) is 0 Å². The third kappa shape index (κ3) is 2.18. The molecule has 0 saturated carbocycles. The van der Waals surface area contributed by atoms with E-state index in [1.165, 1.54) is 16.7 Å². The van der Waals surface area contributed by atoms with Crippen LogP contribution in [-0.2, 0) is 26.6 Å². The molecule has 0 atom stereocenters. The van der Waals surface area contributed by atoms with Crippen LogP contribution in [0, 0.1) is 6.92 Å². The molecule has 3 heteroatoms. The van der Waals surface area contributed by atoms with Gasteiger partial charge in [-0.25, -0.2) is 4.98 Å². The van der Waals surface area contributed by atoms with Crippen molar-refractivity contribution < 1.29 is 0 Å². The minimum Gasteiger partial charge on any atom is -0.337 e. The number of rotatable bonds is 2. The van der Waals surface area contributed by atoms with Crippen LogP contribution < -0.4 is 0 Å². The highest BCUT2D eigenvalue weighted by Crippen LogP contribution is 2.21. The van der Waals surface area contributed by atoms with E-state index in [9.17, 15) is 0 Å². The van der Waals surface area contributed by atoms with Crippen molar-refractivity contribution in [2.75, 3.05) is 6.54 Å². The standard InChI is InChI=1S/C15H19N3/c1-12-3-4-13-5-7-18(10-14(13)9-12)11-15-16-6-8-17(15)2/h3-4,6,8-9H,5,7,10-11H2,1-2H3. The number of aryl methyl sites for hydroxylation is 2. The van der Waals surface area contributed by atoms with Crippen molar-refractivity contribution in [3.05, 3.63) is 53.1 Å². The molecule has 0 fully saturated rings. The summed E-state index contributed by atoms with van der Waals surface area (Å²) in [5, 5.41) is 0. The molecule has 94 valence electrons. The van der Waals surface area contributed by atoms with Crippen LogP contribution >= 0.6 is 0 Å². The van der Waals surface area contributed by atoms with Crippen molar-refractivity contribution in [3.63, 3.8) is 0 Å². The van der Waals surface area contributed by atoms with E-state index >= 15 is 0 Å². The molecule has 0 unspecified atom stereocenters. The number of aromatic nitrogens is 2. The van der Waals surface area contributed by atoms with E-state index in [1.54, 1.807) is 0 Å². The largest absolute Gasteiger partial charge is 0.337 e. The molecule has 0 radical (unpaired) electrons. The number of imidazole rings is 1. The van der Waals surface area contributed by atoms with Crippen molar-refractivity contribution in [3.8, 4) is 0 Å². The minimum atomic E-state index is 0.941. The Bertz CT molecular complexity index is 557. The third-order valence-corrected chi connectivity index (χ3v) is 3.74. The van der Waals surface area contributed by atoms with Crippen molar-refractivity contribution in [1.29, 1.82) is 0 Å². The van der Waals surface area contributed by atoms with Gasteiger partial charge in [-0.3, -0.25) is 4.90 Å². The summed E-state index contributed by atoms with van der Waals surface area (Å²) in [4.78, 5) is 6.88. The van der Waals surface area contributed by atoms with Gasteiger partial charge in [-0.05, 0) is 24.5 Å². The van der Waals surface area contributed by atoms with Crippen LogP contribution in [0.5, 0.6) is 0 Å². The maximum Gasteiger partial charge on any atom is 0.122 e. The third-order valence-electron chi connectivity index (χ3n) is 3.74.